The molecule has 1 aliphatic heterocycles. The summed E-state index contributed by atoms with van der Waals surface area (Å²) in [5, 5.41) is 12.6. The molecule has 1 fully saturated rings. The molecule has 1 atom stereocenters. The van der Waals surface area contributed by atoms with Crippen LogP contribution in [0.25, 0.3) is 0 Å². The summed E-state index contributed by atoms with van der Waals surface area (Å²) in [5.41, 5.74) is 0.810. The Morgan fingerprint density at radius 3 is 2.88 bits per heavy atom. The number of hydrogen-bond acceptors (Lipinski definition) is 6. The SMILES string of the molecule is CN1CCNCC1c1noc(CNC(=O)NCc2ccc(F)cc2)n1. The first-order valence-corrected chi connectivity index (χ1v) is 8.11. The van der Waals surface area contributed by atoms with E-state index >= 15 is 0 Å². The predicted molar refractivity (Wildman–Crippen MR) is 88.0 cm³/mol. The maximum absolute atomic E-state index is 12.8. The number of piperazine rings is 1. The number of amides is 2. The van der Waals surface area contributed by atoms with Crippen LogP contribution in [-0.2, 0) is 13.1 Å². The average Bonchev–Trinajstić information content (AvgIpc) is 3.08. The molecule has 1 saturated heterocycles. The van der Waals surface area contributed by atoms with Crippen LogP contribution in [0.5, 0.6) is 0 Å². The molecule has 8 nitrogen and oxygen atoms in total. The summed E-state index contributed by atoms with van der Waals surface area (Å²) in [6.45, 7) is 3.07. The van der Waals surface area contributed by atoms with Crippen LogP contribution in [0.2, 0.25) is 0 Å². The van der Waals surface area contributed by atoms with Gasteiger partial charge in [0.25, 0.3) is 0 Å². The minimum absolute atomic E-state index is 0.0681. The Hall–Kier alpha value is -2.52. The van der Waals surface area contributed by atoms with E-state index in [1.54, 1.807) is 12.1 Å². The average molecular weight is 348 g/mol. The van der Waals surface area contributed by atoms with Gasteiger partial charge in [0, 0.05) is 26.2 Å². The third-order valence-corrected chi connectivity index (χ3v) is 4.06. The summed E-state index contributed by atoms with van der Waals surface area (Å²) >= 11 is 0. The summed E-state index contributed by atoms with van der Waals surface area (Å²) in [7, 11) is 2.02. The van der Waals surface area contributed by atoms with Gasteiger partial charge in [-0.2, -0.15) is 4.98 Å². The fourth-order valence-corrected chi connectivity index (χ4v) is 2.57. The number of halogens is 1. The Morgan fingerprint density at radius 2 is 2.12 bits per heavy atom. The molecule has 1 aromatic heterocycles. The Morgan fingerprint density at radius 1 is 1.36 bits per heavy atom. The molecule has 1 unspecified atom stereocenters. The molecule has 2 heterocycles. The van der Waals surface area contributed by atoms with E-state index in [1.807, 2.05) is 7.05 Å². The van der Waals surface area contributed by atoms with Gasteiger partial charge in [0.1, 0.15) is 5.82 Å². The summed E-state index contributed by atoms with van der Waals surface area (Å²) in [5.74, 6) is 0.656. The fourth-order valence-electron chi connectivity index (χ4n) is 2.57. The van der Waals surface area contributed by atoms with Crippen LogP contribution < -0.4 is 16.0 Å². The van der Waals surface area contributed by atoms with Crippen LogP contribution in [0.4, 0.5) is 9.18 Å². The number of carbonyl (C=O) groups is 1. The van der Waals surface area contributed by atoms with E-state index in [2.05, 4.69) is 31.0 Å². The molecule has 1 aliphatic rings. The largest absolute Gasteiger partial charge is 0.337 e. The van der Waals surface area contributed by atoms with Crippen LogP contribution >= 0.6 is 0 Å². The maximum Gasteiger partial charge on any atom is 0.315 e. The van der Waals surface area contributed by atoms with E-state index in [0.717, 1.165) is 25.2 Å². The zero-order valence-electron chi connectivity index (χ0n) is 14.0. The molecule has 0 aliphatic carbocycles. The van der Waals surface area contributed by atoms with Crippen molar-refractivity contribution < 1.29 is 13.7 Å². The molecule has 1 aromatic carbocycles. The number of nitrogens with zero attached hydrogens (tertiary/aromatic N) is 3. The minimum atomic E-state index is -0.361. The third-order valence-electron chi connectivity index (χ3n) is 4.06. The summed E-state index contributed by atoms with van der Waals surface area (Å²) in [4.78, 5) is 18.3. The molecule has 2 aromatic rings. The second-order valence-electron chi connectivity index (χ2n) is 5.91. The Balaban J connectivity index is 1.45. The van der Waals surface area contributed by atoms with Gasteiger partial charge in [-0.1, -0.05) is 17.3 Å². The number of urea groups is 1. The van der Waals surface area contributed by atoms with Gasteiger partial charge >= 0.3 is 6.03 Å². The first-order chi connectivity index (χ1) is 12.1. The van der Waals surface area contributed by atoms with Crippen LogP contribution in [0, 0.1) is 5.82 Å². The van der Waals surface area contributed by atoms with Crippen LogP contribution in [0.15, 0.2) is 28.8 Å². The van der Waals surface area contributed by atoms with Crippen LogP contribution in [0.1, 0.15) is 23.3 Å². The van der Waals surface area contributed by atoms with E-state index in [0.29, 0.717) is 18.3 Å². The summed E-state index contributed by atoms with van der Waals surface area (Å²) in [6, 6.07) is 5.65. The minimum Gasteiger partial charge on any atom is -0.337 e. The standard InChI is InChI=1S/C16H21FN6O2/c1-23-7-6-18-9-13(23)15-21-14(25-22-15)10-20-16(24)19-8-11-2-4-12(17)5-3-11/h2-5,13,18H,6-10H2,1H3,(H2,19,20,24). The molecule has 0 saturated carbocycles. The van der Waals surface area contributed by atoms with E-state index in [4.69, 9.17) is 4.52 Å². The Kier molecular flexibility index (Phi) is 5.56. The molecule has 25 heavy (non-hydrogen) atoms. The molecule has 0 bridgehead atoms. The van der Waals surface area contributed by atoms with Crippen LogP contribution in [0.3, 0.4) is 0 Å². The van der Waals surface area contributed by atoms with Crippen molar-refractivity contribution in [2.75, 3.05) is 26.7 Å². The first-order valence-electron chi connectivity index (χ1n) is 8.11. The highest BCUT2D eigenvalue weighted by Crippen LogP contribution is 2.17. The van der Waals surface area contributed by atoms with Gasteiger partial charge in [-0.25, -0.2) is 9.18 Å². The van der Waals surface area contributed by atoms with E-state index in [1.165, 1.54) is 12.1 Å². The van der Waals surface area contributed by atoms with Gasteiger partial charge in [-0.15, -0.1) is 0 Å². The number of likely N-dealkylation sites (N-methyl/N-ethyl adjacent to an activating group) is 1. The lowest BCUT2D eigenvalue weighted by atomic mass is 10.2. The monoisotopic (exact) mass is 348 g/mol. The topological polar surface area (TPSA) is 95.3 Å². The zero-order chi connectivity index (χ0) is 17.6. The number of carbonyl (C=O) groups excluding carboxylic acids is 1. The van der Waals surface area contributed by atoms with Crippen molar-refractivity contribution in [2.45, 2.75) is 19.1 Å². The first kappa shape index (κ1) is 17.3. The lowest BCUT2D eigenvalue weighted by Crippen LogP contribution is -2.44. The molecule has 0 spiro atoms. The molecule has 0 radical (unpaired) electrons. The van der Waals surface area contributed by atoms with E-state index in [-0.39, 0.29) is 24.4 Å². The van der Waals surface area contributed by atoms with Gasteiger partial charge in [0.15, 0.2) is 5.82 Å². The highest BCUT2D eigenvalue weighted by atomic mass is 19.1. The summed E-state index contributed by atoms with van der Waals surface area (Å²) in [6.07, 6.45) is 0. The van der Waals surface area contributed by atoms with Gasteiger partial charge in [0.05, 0.1) is 12.6 Å². The van der Waals surface area contributed by atoms with Crippen molar-refractivity contribution in [3.8, 4) is 0 Å². The van der Waals surface area contributed by atoms with Crippen molar-refractivity contribution >= 4 is 6.03 Å². The molecule has 9 heteroatoms. The van der Waals surface area contributed by atoms with Crippen molar-refractivity contribution in [1.29, 1.82) is 0 Å². The van der Waals surface area contributed by atoms with Gasteiger partial charge in [-0.3, -0.25) is 4.90 Å². The zero-order valence-corrected chi connectivity index (χ0v) is 14.0. The number of benzene rings is 1. The number of hydrogen-bond donors (Lipinski definition) is 3. The van der Waals surface area contributed by atoms with Crippen molar-refractivity contribution in [1.82, 2.24) is 31.0 Å². The highest BCUT2D eigenvalue weighted by Gasteiger charge is 2.25. The quantitative estimate of drug-likeness (QED) is 0.739. The Bertz CT molecular complexity index is 705. The number of nitrogens with one attached hydrogen (secondary N) is 3. The second-order valence-corrected chi connectivity index (χ2v) is 5.91. The predicted octanol–water partition coefficient (Wildman–Crippen LogP) is 0.784. The maximum atomic E-state index is 12.8. The van der Waals surface area contributed by atoms with Gasteiger partial charge < -0.3 is 20.5 Å². The molecule has 3 rings (SSSR count). The summed E-state index contributed by atoms with van der Waals surface area (Å²) < 4.78 is 18.0. The van der Waals surface area contributed by atoms with Crippen molar-refractivity contribution in [3.63, 3.8) is 0 Å². The van der Waals surface area contributed by atoms with Gasteiger partial charge in [-0.05, 0) is 24.7 Å². The van der Waals surface area contributed by atoms with E-state index < -0.39 is 0 Å². The van der Waals surface area contributed by atoms with E-state index in [9.17, 15) is 9.18 Å². The lowest BCUT2D eigenvalue weighted by Gasteiger charge is -2.30. The lowest BCUT2D eigenvalue weighted by molar-refractivity contribution is 0.190. The molecule has 2 amide bonds. The third kappa shape index (κ3) is 4.74. The fraction of sp³-hybridized carbons (Fsp3) is 0.438. The second kappa shape index (κ2) is 8.04. The Labute approximate surface area is 144 Å². The smallest absolute Gasteiger partial charge is 0.315 e. The normalized spacial score (nSPS) is 18.1. The number of aromatic nitrogens is 2. The molecular weight excluding hydrogens is 327 g/mol. The molecule has 3 N–H and O–H groups in total. The van der Waals surface area contributed by atoms with Gasteiger partial charge in [0.2, 0.25) is 5.89 Å². The van der Waals surface area contributed by atoms with Crippen molar-refractivity contribution in [2.24, 2.45) is 0 Å². The van der Waals surface area contributed by atoms with Crippen LogP contribution in [-0.4, -0.2) is 47.8 Å². The van der Waals surface area contributed by atoms with Crippen molar-refractivity contribution in [3.05, 3.63) is 47.4 Å². The number of rotatable bonds is 5. The molecular formula is C16H21FN6O2. The molecule has 134 valence electrons. The highest BCUT2D eigenvalue weighted by molar-refractivity contribution is 5.73.